The van der Waals surface area contributed by atoms with Crippen molar-refractivity contribution in [3.05, 3.63) is 36.0 Å². The first-order valence-electron chi connectivity index (χ1n) is 5.20. The van der Waals surface area contributed by atoms with Gasteiger partial charge in [-0.2, -0.15) is 0 Å². The number of anilines is 1. The van der Waals surface area contributed by atoms with Crippen molar-refractivity contribution in [2.24, 2.45) is 0 Å². The fourth-order valence-corrected chi connectivity index (χ4v) is 1.57. The highest BCUT2D eigenvalue weighted by Crippen LogP contribution is 2.24. The molecule has 2 aromatic rings. The number of halogens is 2. The van der Waals surface area contributed by atoms with Gasteiger partial charge < -0.3 is 5.32 Å². The normalized spacial score (nSPS) is 10.7. The van der Waals surface area contributed by atoms with E-state index in [-0.39, 0.29) is 5.52 Å². The second-order valence-electron chi connectivity index (χ2n) is 3.54. The van der Waals surface area contributed by atoms with Crippen LogP contribution in [-0.4, -0.2) is 11.5 Å². The van der Waals surface area contributed by atoms with Crippen molar-refractivity contribution in [1.29, 1.82) is 0 Å². The van der Waals surface area contributed by atoms with E-state index < -0.39 is 11.6 Å². The van der Waals surface area contributed by atoms with E-state index in [1.54, 1.807) is 12.1 Å². The fraction of sp³-hybridized carbons (Fsp3) is 0.250. The maximum Gasteiger partial charge on any atom is 0.185 e. The molecule has 1 aromatic heterocycles. The highest BCUT2D eigenvalue weighted by molar-refractivity contribution is 5.91. The molecule has 2 nitrogen and oxygen atoms in total. The van der Waals surface area contributed by atoms with Crippen LogP contribution in [0.5, 0.6) is 0 Å². The number of nitrogens with zero attached hydrogens (tertiary/aromatic N) is 1. The number of benzene rings is 1. The Kier molecular flexibility index (Phi) is 2.99. The minimum atomic E-state index is -0.891. The van der Waals surface area contributed by atoms with Gasteiger partial charge in [-0.1, -0.05) is 6.92 Å². The van der Waals surface area contributed by atoms with Crippen LogP contribution in [0, 0.1) is 11.6 Å². The van der Waals surface area contributed by atoms with Crippen LogP contribution in [0.4, 0.5) is 14.5 Å². The smallest absolute Gasteiger partial charge is 0.185 e. The van der Waals surface area contributed by atoms with Crippen molar-refractivity contribution in [2.75, 3.05) is 11.9 Å². The predicted octanol–water partition coefficient (Wildman–Crippen LogP) is 3.33. The highest BCUT2D eigenvalue weighted by atomic mass is 19.2. The summed E-state index contributed by atoms with van der Waals surface area (Å²) < 4.78 is 26.4. The molecule has 0 amide bonds. The van der Waals surface area contributed by atoms with Gasteiger partial charge in [-0.05, 0) is 24.6 Å². The summed E-state index contributed by atoms with van der Waals surface area (Å²) in [5, 5.41) is 3.76. The predicted molar refractivity (Wildman–Crippen MR) is 60.4 cm³/mol. The Bertz CT molecular complexity index is 512. The Hall–Kier alpha value is -1.71. The monoisotopic (exact) mass is 222 g/mol. The molecule has 4 heteroatoms. The summed E-state index contributed by atoms with van der Waals surface area (Å²) in [7, 11) is 0. The lowest BCUT2D eigenvalue weighted by molar-refractivity contribution is 0.515. The number of pyridine rings is 1. The number of hydrogen-bond acceptors (Lipinski definition) is 2. The van der Waals surface area contributed by atoms with Crippen molar-refractivity contribution in [3.8, 4) is 0 Å². The van der Waals surface area contributed by atoms with Gasteiger partial charge in [-0.25, -0.2) is 8.78 Å². The van der Waals surface area contributed by atoms with Crippen molar-refractivity contribution in [1.82, 2.24) is 4.98 Å². The lowest BCUT2D eigenvalue weighted by atomic mass is 10.1. The van der Waals surface area contributed by atoms with E-state index in [4.69, 9.17) is 0 Å². The first kappa shape index (κ1) is 10.8. The van der Waals surface area contributed by atoms with Crippen LogP contribution in [0.1, 0.15) is 13.3 Å². The molecule has 0 spiro atoms. The third kappa shape index (κ3) is 1.83. The molecule has 0 aliphatic heterocycles. The van der Waals surface area contributed by atoms with E-state index >= 15 is 0 Å². The van der Waals surface area contributed by atoms with Gasteiger partial charge in [0.1, 0.15) is 5.52 Å². The average molecular weight is 222 g/mol. The van der Waals surface area contributed by atoms with Crippen molar-refractivity contribution in [3.63, 3.8) is 0 Å². The van der Waals surface area contributed by atoms with Gasteiger partial charge in [0, 0.05) is 23.8 Å². The van der Waals surface area contributed by atoms with E-state index in [1.807, 2.05) is 6.92 Å². The molecular weight excluding hydrogens is 210 g/mol. The number of aromatic nitrogens is 1. The van der Waals surface area contributed by atoms with Crippen LogP contribution in [0.15, 0.2) is 24.4 Å². The third-order valence-corrected chi connectivity index (χ3v) is 2.37. The summed E-state index contributed by atoms with van der Waals surface area (Å²) >= 11 is 0. The summed E-state index contributed by atoms with van der Waals surface area (Å²) in [4.78, 5) is 3.86. The molecular formula is C12H12F2N2. The summed E-state index contributed by atoms with van der Waals surface area (Å²) in [6, 6.07) is 4.42. The zero-order valence-electron chi connectivity index (χ0n) is 8.93. The zero-order valence-corrected chi connectivity index (χ0v) is 8.93. The Morgan fingerprint density at radius 2 is 2.06 bits per heavy atom. The number of hydrogen-bond donors (Lipinski definition) is 1. The standard InChI is InChI=1S/C12H12F2N2/c1-2-6-15-10-5-7-16-12-8(10)3-4-9(13)11(12)14/h3-5,7H,2,6H2,1H3,(H,15,16). The summed E-state index contributed by atoms with van der Waals surface area (Å²) in [5.74, 6) is -1.76. The molecule has 2 rings (SSSR count). The Morgan fingerprint density at radius 1 is 1.25 bits per heavy atom. The molecule has 0 aliphatic carbocycles. The van der Waals surface area contributed by atoms with E-state index in [0.717, 1.165) is 24.7 Å². The first-order chi connectivity index (χ1) is 7.74. The van der Waals surface area contributed by atoms with E-state index in [0.29, 0.717) is 5.39 Å². The Balaban J connectivity index is 2.56. The highest BCUT2D eigenvalue weighted by Gasteiger charge is 2.10. The maximum atomic E-state index is 13.4. The number of rotatable bonds is 3. The SMILES string of the molecule is CCCNc1ccnc2c(F)c(F)ccc12. The Labute approximate surface area is 92.3 Å². The molecule has 0 saturated carbocycles. The molecule has 1 heterocycles. The van der Waals surface area contributed by atoms with Gasteiger partial charge in [0.05, 0.1) is 0 Å². The van der Waals surface area contributed by atoms with Crippen molar-refractivity contribution >= 4 is 16.6 Å². The van der Waals surface area contributed by atoms with Crippen LogP contribution < -0.4 is 5.32 Å². The van der Waals surface area contributed by atoms with Gasteiger partial charge in [-0.15, -0.1) is 0 Å². The second-order valence-corrected chi connectivity index (χ2v) is 3.54. The molecule has 1 aromatic carbocycles. The molecule has 1 N–H and O–H groups in total. The molecule has 0 atom stereocenters. The fourth-order valence-electron chi connectivity index (χ4n) is 1.57. The summed E-state index contributed by atoms with van der Waals surface area (Å²) in [6.07, 6.45) is 2.44. The minimum absolute atomic E-state index is 0.0705. The van der Waals surface area contributed by atoms with Crippen molar-refractivity contribution in [2.45, 2.75) is 13.3 Å². The Morgan fingerprint density at radius 3 is 2.81 bits per heavy atom. The van der Waals surface area contributed by atoms with Crippen LogP contribution >= 0.6 is 0 Å². The summed E-state index contributed by atoms with van der Waals surface area (Å²) in [6.45, 7) is 2.83. The lowest BCUT2D eigenvalue weighted by Gasteiger charge is -2.08. The average Bonchev–Trinajstić information content (AvgIpc) is 2.31. The van der Waals surface area contributed by atoms with Crippen LogP contribution in [0.3, 0.4) is 0 Å². The van der Waals surface area contributed by atoms with Gasteiger partial charge in [0.25, 0.3) is 0 Å². The molecule has 0 fully saturated rings. The van der Waals surface area contributed by atoms with Gasteiger partial charge in [0.2, 0.25) is 0 Å². The zero-order chi connectivity index (χ0) is 11.5. The van der Waals surface area contributed by atoms with Gasteiger partial charge in [0.15, 0.2) is 11.6 Å². The molecule has 0 aliphatic rings. The molecule has 0 radical (unpaired) electrons. The molecule has 16 heavy (non-hydrogen) atoms. The van der Waals surface area contributed by atoms with Gasteiger partial charge >= 0.3 is 0 Å². The van der Waals surface area contributed by atoms with E-state index in [2.05, 4.69) is 10.3 Å². The summed E-state index contributed by atoms with van der Waals surface area (Å²) in [5.41, 5.74) is 0.854. The number of nitrogens with one attached hydrogen (secondary N) is 1. The lowest BCUT2D eigenvalue weighted by Crippen LogP contribution is -2.01. The van der Waals surface area contributed by atoms with Crippen LogP contribution in [0.2, 0.25) is 0 Å². The first-order valence-corrected chi connectivity index (χ1v) is 5.20. The molecule has 0 unspecified atom stereocenters. The topological polar surface area (TPSA) is 24.9 Å². The second kappa shape index (κ2) is 4.43. The molecule has 0 bridgehead atoms. The maximum absolute atomic E-state index is 13.4. The third-order valence-electron chi connectivity index (χ3n) is 2.37. The largest absolute Gasteiger partial charge is 0.384 e. The minimum Gasteiger partial charge on any atom is -0.384 e. The van der Waals surface area contributed by atoms with Gasteiger partial charge in [-0.3, -0.25) is 4.98 Å². The van der Waals surface area contributed by atoms with E-state index in [9.17, 15) is 8.78 Å². The molecule has 84 valence electrons. The molecule has 0 saturated heterocycles. The quantitative estimate of drug-likeness (QED) is 0.861. The van der Waals surface area contributed by atoms with E-state index in [1.165, 1.54) is 6.20 Å². The van der Waals surface area contributed by atoms with Crippen LogP contribution in [-0.2, 0) is 0 Å². The van der Waals surface area contributed by atoms with Crippen molar-refractivity contribution < 1.29 is 8.78 Å². The van der Waals surface area contributed by atoms with Crippen LogP contribution in [0.25, 0.3) is 10.9 Å². The number of fused-ring (bicyclic) bond motifs is 1.